The number of aromatic nitrogens is 2. The van der Waals surface area contributed by atoms with E-state index in [1.165, 1.54) is 23.1 Å². The van der Waals surface area contributed by atoms with Crippen molar-refractivity contribution in [2.45, 2.75) is 35.7 Å². The first kappa shape index (κ1) is 14.3. The first-order valence-electron chi connectivity index (χ1n) is 6.46. The summed E-state index contributed by atoms with van der Waals surface area (Å²) < 4.78 is 24.0. The zero-order chi connectivity index (χ0) is 14.2. The minimum absolute atomic E-state index is 0.0230. The van der Waals surface area contributed by atoms with Gasteiger partial charge in [-0.2, -0.15) is 0 Å². The third-order valence-electron chi connectivity index (χ3n) is 3.49. The van der Waals surface area contributed by atoms with E-state index in [-0.39, 0.29) is 29.5 Å². The number of hydrogen-bond donors (Lipinski definition) is 0. The third kappa shape index (κ3) is 3.32. The van der Waals surface area contributed by atoms with Crippen LogP contribution in [-0.4, -0.2) is 58.8 Å². The summed E-state index contributed by atoms with van der Waals surface area (Å²) in [7, 11) is -2.96. The molecule has 1 saturated heterocycles. The van der Waals surface area contributed by atoms with E-state index in [0.717, 1.165) is 17.2 Å². The summed E-state index contributed by atoms with van der Waals surface area (Å²) in [5.74, 6) is 0.661. The maximum atomic E-state index is 12.4. The Kier molecular flexibility index (Phi) is 4.00. The molecule has 2 aliphatic rings. The van der Waals surface area contributed by atoms with Gasteiger partial charge in [0.15, 0.2) is 14.2 Å². The predicted octanol–water partition coefficient (Wildman–Crippen LogP) is 0.808. The molecule has 3 rings (SSSR count). The Balaban J connectivity index is 1.63. The molecule has 0 aromatic carbocycles. The Morgan fingerprint density at radius 2 is 2.20 bits per heavy atom. The molecule has 1 atom stereocenters. The number of thioether (sulfide) groups is 1. The minimum Gasteiger partial charge on any atom is -0.335 e. The zero-order valence-electron chi connectivity index (χ0n) is 10.8. The molecule has 1 aromatic heterocycles. The molecule has 1 saturated carbocycles. The normalized spacial score (nSPS) is 24.7. The Labute approximate surface area is 125 Å². The highest BCUT2D eigenvalue weighted by atomic mass is 32.2. The van der Waals surface area contributed by atoms with Gasteiger partial charge in [-0.15, -0.1) is 10.2 Å². The number of hydrogen-bond acceptors (Lipinski definition) is 7. The smallest absolute Gasteiger partial charge is 0.233 e. The van der Waals surface area contributed by atoms with Gasteiger partial charge in [0.05, 0.1) is 17.3 Å². The van der Waals surface area contributed by atoms with Crippen molar-refractivity contribution < 1.29 is 13.2 Å². The summed E-state index contributed by atoms with van der Waals surface area (Å²) >= 11 is 2.78. The molecule has 2 heterocycles. The lowest BCUT2D eigenvalue weighted by atomic mass is 10.2. The van der Waals surface area contributed by atoms with Crippen LogP contribution < -0.4 is 0 Å². The van der Waals surface area contributed by atoms with E-state index >= 15 is 0 Å². The SMILES string of the molecule is O=C(CSc1nncs1)N(C1CC1)C1CCS(=O)(=O)C1. The van der Waals surface area contributed by atoms with Gasteiger partial charge in [0.1, 0.15) is 5.51 Å². The summed E-state index contributed by atoms with van der Waals surface area (Å²) in [6.07, 6.45) is 2.56. The lowest BCUT2D eigenvalue weighted by molar-refractivity contribution is -0.130. The quantitative estimate of drug-likeness (QED) is 0.742. The molecule has 0 N–H and O–H groups in total. The van der Waals surface area contributed by atoms with Crippen molar-refractivity contribution >= 4 is 38.8 Å². The lowest BCUT2D eigenvalue weighted by Gasteiger charge is -2.28. The summed E-state index contributed by atoms with van der Waals surface area (Å²) in [6.45, 7) is 0. The van der Waals surface area contributed by atoms with Crippen molar-refractivity contribution in [2.75, 3.05) is 17.3 Å². The van der Waals surface area contributed by atoms with E-state index in [1.54, 1.807) is 5.51 Å². The second-order valence-corrected chi connectivity index (χ2v) is 9.37. The van der Waals surface area contributed by atoms with Crippen LogP contribution in [0.25, 0.3) is 0 Å². The molecule has 0 spiro atoms. The van der Waals surface area contributed by atoms with Crippen molar-refractivity contribution in [1.82, 2.24) is 15.1 Å². The van der Waals surface area contributed by atoms with E-state index < -0.39 is 9.84 Å². The second kappa shape index (κ2) is 5.61. The fourth-order valence-electron chi connectivity index (χ4n) is 2.48. The maximum Gasteiger partial charge on any atom is 0.233 e. The number of amides is 1. The molecule has 20 heavy (non-hydrogen) atoms. The molecule has 0 bridgehead atoms. The van der Waals surface area contributed by atoms with Crippen LogP contribution in [-0.2, 0) is 14.6 Å². The van der Waals surface area contributed by atoms with Gasteiger partial charge in [-0.05, 0) is 19.3 Å². The first-order chi connectivity index (χ1) is 9.55. The van der Waals surface area contributed by atoms with Crippen LogP contribution >= 0.6 is 23.1 Å². The Hall–Kier alpha value is -0.670. The molecule has 0 radical (unpaired) electrons. The summed E-state index contributed by atoms with van der Waals surface area (Å²) in [5, 5.41) is 7.63. The molecule has 110 valence electrons. The molecule has 1 aromatic rings. The van der Waals surface area contributed by atoms with Crippen LogP contribution in [0.15, 0.2) is 9.85 Å². The zero-order valence-corrected chi connectivity index (χ0v) is 13.2. The van der Waals surface area contributed by atoms with Gasteiger partial charge < -0.3 is 4.90 Å². The Morgan fingerprint density at radius 3 is 2.75 bits per heavy atom. The number of rotatable bonds is 5. The largest absolute Gasteiger partial charge is 0.335 e. The van der Waals surface area contributed by atoms with E-state index in [4.69, 9.17) is 0 Å². The van der Waals surface area contributed by atoms with Crippen molar-refractivity contribution in [3.63, 3.8) is 0 Å². The van der Waals surface area contributed by atoms with Crippen LogP contribution in [0.4, 0.5) is 0 Å². The van der Waals surface area contributed by atoms with Crippen LogP contribution in [0.1, 0.15) is 19.3 Å². The van der Waals surface area contributed by atoms with E-state index in [0.29, 0.717) is 12.2 Å². The van der Waals surface area contributed by atoms with Crippen LogP contribution in [0.5, 0.6) is 0 Å². The first-order valence-corrected chi connectivity index (χ1v) is 10.1. The van der Waals surface area contributed by atoms with E-state index in [9.17, 15) is 13.2 Å². The third-order valence-corrected chi connectivity index (χ3v) is 7.08. The molecule has 1 unspecified atom stereocenters. The number of carbonyl (C=O) groups is 1. The standard InChI is InChI=1S/C11H15N3O3S3/c15-10(5-18-11-13-12-7-19-11)14(8-1-2-8)9-3-4-20(16,17)6-9/h7-9H,1-6H2. The highest BCUT2D eigenvalue weighted by molar-refractivity contribution is 8.01. The monoisotopic (exact) mass is 333 g/mol. The fourth-order valence-corrected chi connectivity index (χ4v) is 5.55. The van der Waals surface area contributed by atoms with E-state index in [1.807, 2.05) is 4.90 Å². The molecular weight excluding hydrogens is 318 g/mol. The summed E-state index contributed by atoms with van der Waals surface area (Å²) in [6, 6.07) is 0.117. The molecule has 2 fully saturated rings. The minimum atomic E-state index is -2.96. The average molecular weight is 333 g/mol. The van der Waals surface area contributed by atoms with Crippen LogP contribution in [0, 0.1) is 0 Å². The van der Waals surface area contributed by atoms with Crippen molar-refractivity contribution in [2.24, 2.45) is 0 Å². The topological polar surface area (TPSA) is 80.2 Å². The molecule has 1 aliphatic carbocycles. The van der Waals surface area contributed by atoms with Gasteiger partial charge in [0, 0.05) is 12.1 Å². The number of sulfone groups is 1. The van der Waals surface area contributed by atoms with Gasteiger partial charge in [0.2, 0.25) is 5.91 Å². The lowest BCUT2D eigenvalue weighted by Crippen LogP contribution is -2.43. The van der Waals surface area contributed by atoms with Gasteiger partial charge in [-0.3, -0.25) is 4.79 Å². The summed E-state index contributed by atoms with van der Waals surface area (Å²) in [4.78, 5) is 14.2. The molecular formula is C11H15N3O3S3. The van der Waals surface area contributed by atoms with Crippen LogP contribution in [0.2, 0.25) is 0 Å². The molecule has 6 nitrogen and oxygen atoms in total. The molecule has 1 aliphatic heterocycles. The van der Waals surface area contributed by atoms with Gasteiger partial charge >= 0.3 is 0 Å². The van der Waals surface area contributed by atoms with Crippen molar-refractivity contribution in [3.05, 3.63) is 5.51 Å². The molecule has 9 heteroatoms. The number of nitrogens with zero attached hydrogens (tertiary/aromatic N) is 3. The highest BCUT2D eigenvalue weighted by Gasteiger charge is 2.41. The van der Waals surface area contributed by atoms with Gasteiger partial charge in [-0.1, -0.05) is 23.1 Å². The predicted molar refractivity (Wildman–Crippen MR) is 77.6 cm³/mol. The van der Waals surface area contributed by atoms with Crippen LogP contribution in [0.3, 0.4) is 0 Å². The number of carbonyl (C=O) groups excluding carboxylic acids is 1. The van der Waals surface area contributed by atoms with Gasteiger partial charge in [0.25, 0.3) is 0 Å². The fraction of sp³-hybridized carbons (Fsp3) is 0.727. The Morgan fingerprint density at radius 1 is 1.40 bits per heavy atom. The Bertz CT molecular complexity index is 583. The summed E-state index contributed by atoms with van der Waals surface area (Å²) in [5.41, 5.74) is 1.63. The van der Waals surface area contributed by atoms with E-state index in [2.05, 4.69) is 10.2 Å². The molecule has 1 amide bonds. The second-order valence-electron chi connectivity index (χ2n) is 5.08. The highest BCUT2D eigenvalue weighted by Crippen LogP contribution is 2.33. The van der Waals surface area contributed by atoms with Crippen molar-refractivity contribution in [1.29, 1.82) is 0 Å². The van der Waals surface area contributed by atoms with Gasteiger partial charge in [-0.25, -0.2) is 8.42 Å². The maximum absolute atomic E-state index is 12.4. The average Bonchev–Trinajstić information content (AvgIpc) is 2.95. The van der Waals surface area contributed by atoms with Crippen molar-refractivity contribution in [3.8, 4) is 0 Å².